The van der Waals surface area contributed by atoms with E-state index in [1.54, 1.807) is 0 Å². The Morgan fingerprint density at radius 3 is 0.722 bits per heavy atom. The SMILES string of the molecule is Cc1cccc(C)c1-c1cc(-c2cc(C(C)(C)C)ccn2)[c-]cc1-c1ccccc1-c1cc(-c2ccccc2-c2c[c-]c(-c3cc(C(C)(C)C)ccn3)cc2-c2c(C)cccc2C)cc(-c2ccccc2-c2c[c-]c(-c3cc(C(C)(C)C)ccn3)cc2-c2c(C)cccc2C)c1.[Ir+3]. The zero-order valence-electron chi connectivity index (χ0n) is 58.7. The maximum atomic E-state index is 4.98. The van der Waals surface area contributed by atoms with Crippen LogP contribution in [-0.2, 0) is 36.4 Å². The average Bonchev–Trinajstić information content (AvgIpc) is 0.769. The molecule has 3 heterocycles. The number of nitrogens with zero attached hydrogens (tertiary/aromatic N) is 3. The van der Waals surface area contributed by atoms with Gasteiger partial charge in [-0.15, -0.1) is 71.3 Å². The van der Waals surface area contributed by atoms with Crippen LogP contribution in [0.25, 0.3) is 134 Å². The van der Waals surface area contributed by atoms with Gasteiger partial charge in [-0.2, -0.15) is 0 Å². The Balaban J connectivity index is 0.00000897. The number of rotatable bonds is 12. The minimum absolute atomic E-state index is 0. The minimum atomic E-state index is -0.0508. The molecule has 0 bridgehead atoms. The first kappa shape index (κ1) is 67.3. The maximum Gasteiger partial charge on any atom is 3.00 e. The van der Waals surface area contributed by atoms with Crippen molar-refractivity contribution in [3.8, 4) is 134 Å². The van der Waals surface area contributed by atoms with Crippen molar-refractivity contribution in [2.75, 3.05) is 0 Å². The first-order chi connectivity index (χ1) is 46.0. The molecule has 0 atom stereocenters. The van der Waals surface area contributed by atoms with E-state index in [1.165, 1.54) is 66.8 Å². The molecule has 4 heteroatoms. The summed E-state index contributed by atoms with van der Waals surface area (Å²) < 4.78 is 0. The molecule has 13 rings (SSSR count). The molecule has 0 amide bonds. The van der Waals surface area contributed by atoms with Crippen LogP contribution in [0.5, 0.6) is 0 Å². The second kappa shape index (κ2) is 27.1. The van der Waals surface area contributed by atoms with E-state index in [0.717, 1.165) is 117 Å². The molecule has 3 aromatic heterocycles. The fourth-order valence-electron chi connectivity index (χ4n) is 14.1. The van der Waals surface area contributed by atoms with E-state index in [9.17, 15) is 0 Å². The van der Waals surface area contributed by atoms with Crippen LogP contribution in [0, 0.1) is 59.7 Å². The van der Waals surface area contributed by atoms with Crippen LogP contribution in [0.1, 0.15) is 112 Å². The second-order valence-corrected chi connectivity index (χ2v) is 29.3. The molecule has 480 valence electrons. The van der Waals surface area contributed by atoms with Gasteiger partial charge in [-0.3, -0.25) is 0 Å². The minimum Gasteiger partial charge on any atom is -0.305 e. The number of aryl methyl sites for hydroxylation is 6. The largest absolute Gasteiger partial charge is 3.00 e. The third-order valence-corrected chi connectivity index (χ3v) is 19.3. The van der Waals surface area contributed by atoms with Crippen LogP contribution in [0.15, 0.2) is 237 Å². The van der Waals surface area contributed by atoms with Crippen LogP contribution < -0.4 is 0 Å². The first-order valence-electron chi connectivity index (χ1n) is 33.7. The summed E-state index contributed by atoms with van der Waals surface area (Å²) in [5.74, 6) is 0. The van der Waals surface area contributed by atoms with E-state index in [-0.39, 0.29) is 36.4 Å². The van der Waals surface area contributed by atoms with Gasteiger partial charge in [0, 0.05) is 18.6 Å². The van der Waals surface area contributed by atoms with Gasteiger partial charge in [0.05, 0.1) is 0 Å². The quantitative estimate of drug-likeness (QED) is 0.114. The van der Waals surface area contributed by atoms with Gasteiger partial charge in [0.2, 0.25) is 0 Å². The summed E-state index contributed by atoms with van der Waals surface area (Å²) in [4.78, 5) is 15.0. The van der Waals surface area contributed by atoms with Crippen molar-refractivity contribution in [3.05, 3.63) is 305 Å². The Bertz CT molecular complexity index is 4560. The number of benzene rings is 10. The van der Waals surface area contributed by atoms with E-state index in [2.05, 4.69) is 340 Å². The average molecular weight is 1440 g/mol. The van der Waals surface area contributed by atoms with Crippen molar-refractivity contribution >= 4 is 0 Å². The second-order valence-electron chi connectivity index (χ2n) is 29.3. The van der Waals surface area contributed by atoms with E-state index < -0.39 is 0 Å². The van der Waals surface area contributed by atoms with Crippen LogP contribution in [0.2, 0.25) is 0 Å². The van der Waals surface area contributed by atoms with Gasteiger partial charge in [-0.25, -0.2) is 0 Å². The normalized spacial score (nSPS) is 11.8. The molecule has 0 aliphatic heterocycles. The zero-order chi connectivity index (χ0) is 67.4. The molecule has 0 spiro atoms. The molecule has 0 radical (unpaired) electrons. The van der Waals surface area contributed by atoms with Crippen molar-refractivity contribution < 1.29 is 20.1 Å². The molecule has 0 unspecified atom stereocenters. The van der Waals surface area contributed by atoms with E-state index >= 15 is 0 Å². The first-order valence-corrected chi connectivity index (χ1v) is 33.7. The number of hydrogen-bond donors (Lipinski definition) is 0. The Labute approximate surface area is 590 Å². The van der Waals surface area contributed by atoms with Crippen molar-refractivity contribution in [2.24, 2.45) is 0 Å². The van der Waals surface area contributed by atoms with Crippen LogP contribution in [0.4, 0.5) is 0 Å². The summed E-state index contributed by atoms with van der Waals surface area (Å²) in [7, 11) is 0. The van der Waals surface area contributed by atoms with Crippen LogP contribution in [0.3, 0.4) is 0 Å². The Morgan fingerprint density at radius 1 is 0.247 bits per heavy atom. The van der Waals surface area contributed by atoms with Crippen molar-refractivity contribution in [1.29, 1.82) is 0 Å². The summed E-state index contributed by atoms with van der Waals surface area (Å²) in [5, 5.41) is 0. The Kier molecular flexibility index (Phi) is 18.8. The summed E-state index contributed by atoms with van der Waals surface area (Å²) in [5.41, 5.74) is 36.6. The van der Waals surface area contributed by atoms with E-state index in [0.29, 0.717) is 0 Å². The summed E-state index contributed by atoms with van der Waals surface area (Å²) >= 11 is 0. The monoisotopic (exact) mass is 1440 g/mol. The van der Waals surface area contributed by atoms with Crippen molar-refractivity contribution in [1.82, 2.24) is 15.0 Å². The molecule has 0 saturated heterocycles. The third-order valence-electron chi connectivity index (χ3n) is 19.3. The summed E-state index contributed by atoms with van der Waals surface area (Å²) in [6.45, 7) is 33.7. The standard InChI is InChI=1S/C93H84N3.Ir/c1-58-25-22-26-59(2)88(58)82-52-64(85-55-70(43-46-94-85)91(7,8)9)37-40-79(82)76-34-19-16-31-73(76)67-49-68(74-32-17-20-35-77(74)80-41-38-65(86-56-71(44-47-95-86)92(10,11)12)53-83(80)89-60(3)27-23-28-61(89)4)51-69(50-67)75-33-18-21-36-78(75)81-42-39-66(87-57-72(45-48-96-87)93(13,14)15)54-84(81)90-62(5)29-24-30-63(90)6;/h16-36,40-57H,1-15H3;/q-3;+3. The third kappa shape index (κ3) is 13.6. The van der Waals surface area contributed by atoms with Gasteiger partial charge in [0.1, 0.15) is 0 Å². The van der Waals surface area contributed by atoms with Gasteiger partial charge in [-0.05, 0) is 211 Å². The summed E-state index contributed by atoms with van der Waals surface area (Å²) in [6.07, 6.45) is 5.83. The number of aromatic nitrogens is 3. The van der Waals surface area contributed by atoms with Crippen molar-refractivity contribution in [2.45, 2.75) is 120 Å². The van der Waals surface area contributed by atoms with Crippen molar-refractivity contribution in [3.63, 3.8) is 0 Å². The molecule has 0 aliphatic carbocycles. The number of hydrogen-bond acceptors (Lipinski definition) is 3. The van der Waals surface area contributed by atoms with Gasteiger partial charge < -0.3 is 15.0 Å². The van der Waals surface area contributed by atoms with Crippen LogP contribution >= 0.6 is 0 Å². The predicted molar refractivity (Wildman–Crippen MR) is 406 cm³/mol. The Morgan fingerprint density at radius 2 is 0.485 bits per heavy atom. The fraction of sp³-hybridized carbons (Fsp3) is 0.194. The topological polar surface area (TPSA) is 38.7 Å². The molecule has 0 N–H and O–H groups in total. The molecule has 13 aromatic rings. The molecule has 0 saturated carbocycles. The summed E-state index contributed by atoms with van der Waals surface area (Å²) in [6, 6.07) is 92.2. The van der Waals surface area contributed by atoms with E-state index in [1.807, 2.05) is 18.6 Å². The Hall–Kier alpha value is -9.70. The number of pyridine rings is 3. The molecular weight excluding hydrogens is 1350 g/mol. The van der Waals surface area contributed by atoms with Gasteiger partial charge in [0.25, 0.3) is 0 Å². The maximum absolute atomic E-state index is 4.98. The smallest absolute Gasteiger partial charge is 0.305 e. The van der Waals surface area contributed by atoms with Crippen LogP contribution in [-0.4, -0.2) is 15.0 Å². The van der Waals surface area contributed by atoms with Gasteiger partial charge in [-0.1, -0.05) is 258 Å². The molecule has 0 aliphatic rings. The molecule has 97 heavy (non-hydrogen) atoms. The molecular formula is C93H84IrN3. The predicted octanol–water partition coefficient (Wildman–Crippen LogP) is 25.0. The zero-order valence-corrected chi connectivity index (χ0v) is 61.1. The molecule has 0 fully saturated rings. The fourth-order valence-corrected chi connectivity index (χ4v) is 14.1. The molecule has 3 nitrogen and oxygen atoms in total. The van der Waals surface area contributed by atoms with Gasteiger partial charge >= 0.3 is 20.1 Å². The van der Waals surface area contributed by atoms with Gasteiger partial charge in [0.15, 0.2) is 0 Å². The van der Waals surface area contributed by atoms with E-state index in [4.69, 9.17) is 15.0 Å². The molecule has 10 aromatic carbocycles.